The number of nitrogens with one attached hydrogen (secondary N) is 1. The zero-order valence-electron chi connectivity index (χ0n) is 9.83. The molecule has 0 radical (unpaired) electrons. The Bertz CT molecular complexity index is 494. The van der Waals surface area contributed by atoms with Crippen molar-refractivity contribution < 1.29 is 4.79 Å². The summed E-state index contributed by atoms with van der Waals surface area (Å²) in [7, 11) is 0. The molecule has 0 bridgehead atoms. The van der Waals surface area contributed by atoms with E-state index in [-0.39, 0.29) is 6.04 Å². The number of halogens is 2. The van der Waals surface area contributed by atoms with Gasteiger partial charge in [-0.3, -0.25) is 4.79 Å². The summed E-state index contributed by atoms with van der Waals surface area (Å²) in [6, 6.07) is 6.91. The average molecular weight is 421 g/mol. The summed E-state index contributed by atoms with van der Waals surface area (Å²) in [5.74, 6) is 0.305. The Balaban J connectivity index is 1.76. The quantitative estimate of drug-likeness (QED) is 0.745. The molecule has 3 nitrogen and oxygen atoms in total. The second kappa shape index (κ2) is 5.00. The van der Waals surface area contributed by atoms with Gasteiger partial charge in [-0.2, -0.15) is 0 Å². The van der Waals surface area contributed by atoms with Crippen LogP contribution in [0.1, 0.15) is 19.3 Å². The molecule has 0 aliphatic carbocycles. The van der Waals surface area contributed by atoms with Crippen molar-refractivity contribution in [2.45, 2.75) is 31.3 Å². The van der Waals surface area contributed by atoms with E-state index in [0.29, 0.717) is 18.4 Å². The highest BCUT2D eigenvalue weighted by Gasteiger charge is 2.42. The lowest BCUT2D eigenvalue weighted by atomic mass is 10.1. The number of hydrogen-bond donors (Lipinski definition) is 1. The van der Waals surface area contributed by atoms with Crippen LogP contribution < -0.4 is 5.32 Å². The van der Waals surface area contributed by atoms with Crippen LogP contribution in [0.15, 0.2) is 22.7 Å². The predicted molar refractivity (Wildman–Crippen MR) is 83.6 cm³/mol. The first kappa shape index (κ1) is 12.7. The molecule has 0 spiro atoms. The zero-order chi connectivity index (χ0) is 12.7. The lowest BCUT2D eigenvalue weighted by molar-refractivity contribution is -0.127. The number of nitrogens with zero attached hydrogens (tertiary/aromatic N) is 1. The van der Waals surface area contributed by atoms with E-state index < -0.39 is 0 Å². The number of benzene rings is 1. The van der Waals surface area contributed by atoms with Gasteiger partial charge < -0.3 is 10.2 Å². The second-order valence-corrected chi connectivity index (χ2v) is 6.90. The highest BCUT2D eigenvalue weighted by molar-refractivity contribution is 14.1. The fourth-order valence-electron chi connectivity index (χ4n) is 2.91. The minimum Gasteiger partial charge on any atom is -0.380 e. The van der Waals surface area contributed by atoms with Crippen LogP contribution in [0.25, 0.3) is 0 Å². The molecule has 1 aromatic carbocycles. The Kier molecular flexibility index (Phi) is 3.53. The van der Waals surface area contributed by atoms with Gasteiger partial charge >= 0.3 is 0 Å². The molecule has 1 N–H and O–H groups in total. The molecule has 1 amide bonds. The predicted octanol–water partition coefficient (Wildman–Crippen LogP) is 3.23. The molecule has 2 saturated heterocycles. The fourth-order valence-corrected chi connectivity index (χ4v) is 3.62. The van der Waals surface area contributed by atoms with Crippen molar-refractivity contribution in [3.63, 3.8) is 0 Å². The number of hydrogen-bond acceptors (Lipinski definition) is 2. The van der Waals surface area contributed by atoms with Crippen molar-refractivity contribution in [2.24, 2.45) is 0 Å². The van der Waals surface area contributed by atoms with Gasteiger partial charge in [0.2, 0.25) is 5.91 Å². The van der Waals surface area contributed by atoms with Crippen LogP contribution in [0.2, 0.25) is 0 Å². The fraction of sp³-hybridized carbons (Fsp3) is 0.462. The summed E-state index contributed by atoms with van der Waals surface area (Å²) in [6.45, 7) is 0.943. The van der Waals surface area contributed by atoms with E-state index in [0.717, 1.165) is 29.5 Å². The molecule has 18 heavy (non-hydrogen) atoms. The normalized spacial score (nSPS) is 26.6. The Hall–Kier alpha value is -0.300. The van der Waals surface area contributed by atoms with E-state index in [2.05, 4.69) is 62.0 Å². The molecule has 3 rings (SSSR count). The lowest BCUT2D eigenvalue weighted by Gasteiger charge is -2.22. The highest BCUT2D eigenvalue weighted by atomic mass is 127. The molecule has 0 aromatic heterocycles. The van der Waals surface area contributed by atoms with Crippen LogP contribution in [0.3, 0.4) is 0 Å². The standard InChI is InChI=1S/C13H14BrIN2O/c14-9-6-8(3-4-10(9)15)16-11-7-13(18)17-5-1-2-12(11)17/h3-4,6,11-12,16H,1-2,5,7H2. The van der Waals surface area contributed by atoms with Crippen molar-refractivity contribution >= 4 is 50.1 Å². The summed E-state index contributed by atoms with van der Waals surface area (Å²) in [4.78, 5) is 13.9. The number of carbonyl (C=O) groups excluding carboxylic acids is 1. The molecule has 96 valence electrons. The molecular formula is C13H14BrIN2O. The number of carbonyl (C=O) groups is 1. The number of rotatable bonds is 2. The number of amides is 1. The van der Waals surface area contributed by atoms with Crippen LogP contribution in [0.4, 0.5) is 5.69 Å². The Morgan fingerprint density at radius 2 is 2.28 bits per heavy atom. The molecule has 2 unspecified atom stereocenters. The summed E-state index contributed by atoms with van der Waals surface area (Å²) >= 11 is 5.84. The minimum absolute atomic E-state index is 0.270. The van der Waals surface area contributed by atoms with Crippen LogP contribution in [-0.2, 0) is 4.79 Å². The van der Waals surface area contributed by atoms with Crippen LogP contribution in [-0.4, -0.2) is 29.4 Å². The maximum Gasteiger partial charge on any atom is 0.225 e. The van der Waals surface area contributed by atoms with Crippen molar-refractivity contribution in [1.29, 1.82) is 0 Å². The van der Waals surface area contributed by atoms with E-state index >= 15 is 0 Å². The minimum atomic E-state index is 0.270. The number of anilines is 1. The van der Waals surface area contributed by atoms with Crippen molar-refractivity contribution in [2.75, 3.05) is 11.9 Å². The first-order chi connectivity index (χ1) is 8.65. The maximum atomic E-state index is 11.9. The highest BCUT2D eigenvalue weighted by Crippen LogP contribution is 2.32. The molecule has 1 aromatic rings. The van der Waals surface area contributed by atoms with Gasteiger partial charge in [-0.1, -0.05) is 0 Å². The van der Waals surface area contributed by atoms with E-state index in [1.165, 1.54) is 3.57 Å². The average Bonchev–Trinajstić information content (AvgIpc) is 2.90. The van der Waals surface area contributed by atoms with Crippen molar-refractivity contribution in [3.05, 3.63) is 26.2 Å². The van der Waals surface area contributed by atoms with E-state index in [4.69, 9.17) is 0 Å². The molecule has 2 atom stereocenters. The van der Waals surface area contributed by atoms with E-state index in [9.17, 15) is 4.79 Å². The summed E-state index contributed by atoms with van der Waals surface area (Å²) < 4.78 is 2.30. The third kappa shape index (κ3) is 2.27. The van der Waals surface area contributed by atoms with Crippen LogP contribution >= 0.6 is 38.5 Å². The largest absolute Gasteiger partial charge is 0.380 e. The van der Waals surface area contributed by atoms with Crippen molar-refractivity contribution in [3.8, 4) is 0 Å². The van der Waals surface area contributed by atoms with Gasteiger partial charge in [0.15, 0.2) is 0 Å². The van der Waals surface area contributed by atoms with E-state index in [1.807, 2.05) is 4.90 Å². The number of fused-ring (bicyclic) bond motifs is 1. The Morgan fingerprint density at radius 1 is 1.44 bits per heavy atom. The van der Waals surface area contributed by atoms with Gasteiger partial charge in [0.25, 0.3) is 0 Å². The van der Waals surface area contributed by atoms with Gasteiger partial charge in [0.1, 0.15) is 0 Å². The summed E-state index contributed by atoms with van der Waals surface area (Å²) in [5.41, 5.74) is 1.09. The molecule has 5 heteroatoms. The lowest BCUT2D eigenvalue weighted by Crippen LogP contribution is -2.34. The van der Waals surface area contributed by atoms with E-state index in [1.54, 1.807) is 0 Å². The second-order valence-electron chi connectivity index (χ2n) is 4.88. The topological polar surface area (TPSA) is 32.3 Å². The molecular weight excluding hydrogens is 407 g/mol. The van der Waals surface area contributed by atoms with Gasteiger partial charge in [-0.05, 0) is 69.6 Å². The molecule has 2 aliphatic heterocycles. The first-order valence-corrected chi connectivity index (χ1v) is 8.03. The van der Waals surface area contributed by atoms with Crippen molar-refractivity contribution in [1.82, 2.24) is 4.90 Å². The zero-order valence-corrected chi connectivity index (χ0v) is 13.6. The maximum absolute atomic E-state index is 11.9. The Labute approximate surface area is 129 Å². The monoisotopic (exact) mass is 420 g/mol. The summed E-state index contributed by atoms with van der Waals surface area (Å²) in [5, 5.41) is 3.51. The Morgan fingerprint density at radius 3 is 3.06 bits per heavy atom. The smallest absolute Gasteiger partial charge is 0.225 e. The molecule has 2 aliphatic rings. The van der Waals surface area contributed by atoms with Gasteiger partial charge in [0.05, 0.1) is 12.1 Å². The van der Waals surface area contributed by atoms with Crippen LogP contribution in [0.5, 0.6) is 0 Å². The molecule has 0 saturated carbocycles. The van der Waals surface area contributed by atoms with Crippen LogP contribution in [0, 0.1) is 3.57 Å². The summed E-state index contributed by atoms with van der Waals surface area (Å²) in [6.07, 6.45) is 2.91. The van der Waals surface area contributed by atoms with Gasteiger partial charge in [-0.15, -0.1) is 0 Å². The van der Waals surface area contributed by atoms with Gasteiger partial charge in [-0.25, -0.2) is 0 Å². The SMILES string of the molecule is O=C1CC(Nc2ccc(I)c(Br)c2)C2CCCN12. The molecule has 2 fully saturated rings. The third-order valence-corrected chi connectivity index (χ3v) is 6.09. The van der Waals surface area contributed by atoms with Gasteiger partial charge in [0, 0.05) is 26.7 Å². The molecule has 2 heterocycles. The first-order valence-electron chi connectivity index (χ1n) is 6.16. The third-order valence-electron chi connectivity index (χ3n) is 3.75.